The lowest BCUT2D eigenvalue weighted by atomic mass is 9.73. The van der Waals surface area contributed by atoms with Crippen molar-refractivity contribution in [2.75, 3.05) is 0 Å². The van der Waals surface area contributed by atoms with Crippen molar-refractivity contribution in [2.45, 2.75) is 36.8 Å². The largest absolute Gasteiger partial charge is 0.446 e. The normalized spacial score (nSPS) is 30.6. The minimum Gasteiger partial charge on any atom is -0.446 e. The highest BCUT2D eigenvalue weighted by atomic mass is 16.6. The first-order chi connectivity index (χ1) is 12.1. The third-order valence-electron chi connectivity index (χ3n) is 4.85. The van der Waals surface area contributed by atoms with Crippen molar-refractivity contribution in [1.29, 1.82) is 0 Å². The van der Waals surface area contributed by atoms with Crippen LogP contribution in [0.4, 0.5) is 0 Å². The Hall–Kier alpha value is -2.66. The van der Waals surface area contributed by atoms with E-state index in [9.17, 15) is 9.59 Å². The van der Waals surface area contributed by atoms with Gasteiger partial charge in [0.15, 0.2) is 0 Å². The number of hydrogen-bond acceptors (Lipinski definition) is 4. The highest BCUT2D eigenvalue weighted by Gasteiger charge is 2.69. The molecule has 0 unspecified atom stereocenters. The molecule has 0 radical (unpaired) electrons. The van der Waals surface area contributed by atoms with E-state index in [0.29, 0.717) is 13.0 Å². The highest BCUT2D eigenvalue weighted by Crippen LogP contribution is 2.49. The van der Waals surface area contributed by atoms with Crippen LogP contribution in [-0.2, 0) is 25.6 Å². The van der Waals surface area contributed by atoms with Crippen molar-refractivity contribution in [1.82, 2.24) is 4.90 Å². The number of carbonyl (C=O) groups excluding carboxylic acids is 2. The van der Waals surface area contributed by atoms with Gasteiger partial charge in [-0.15, -0.1) is 13.2 Å². The average Bonchev–Trinajstić information content (AvgIpc) is 3.05. The maximum absolute atomic E-state index is 12.7. The molecule has 1 aromatic carbocycles. The molecule has 2 aliphatic rings. The van der Waals surface area contributed by atoms with Crippen molar-refractivity contribution in [3.8, 4) is 0 Å². The van der Waals surface area contributed by atoms with E-state index in [1.54, 1.807) is 17.1 Å². The Morgan fingerprint density at radius 1 is 1.28 bits per heavy atom. The van der Waals surface area contributed by atoms with Gasteiger partial charge in [0, 0.05) is 19.0 Å². The molecule has 5 nitrogen and oxygen atoms in total. The summed E-state index contributed by atoms with van der Waals surface area (Å²) in [6.45, 7) is 11.4. The lowest BCUT2D eigenvalue weighted by molar-refractivity contribution is -0.203. The van der Waals surface area contributed by atoms with E-state index < -0.39 is 23.7 Å². The second-order valence-electron chi connectivity index (χ2n) is 6.19. The number of esters is 1. The Labute approximate surface area is 147 Å². The van der Waals surface area contributed by atoms with Gasteiger partial charge in [-0.25, -0.2) is 4.79 Å². The molecule has 1 amide bonds. The van der Waals surface area contributed by atoms with Crippen LogP contribution in [0.3, 0.4) is 0 Å². The summed E-state index contributed by atoms with van der Waals surface area (Å²) in [4.78, 5) is 26.2. The lowest BCUT2D eigenvalue weighted by Crippen LogP contribution is -2.77. The third-order valence-corrected chi connectivity index (χ3v) is 4.85. The first kappa shape index (κ1) is 17.2. The predicted molar refractivity (Wildman–Crippen MR) is 93.5 cm³/mol. The summed E-state index contributed by atoms with van der Waals surface area (Å²) in [7, 11) is 0. The van der Waals surface area contributed by atoms with E-state index in [1.165, 1.54) is 0 Å². The first-order valence-corrected chi connectivity index (χ1v) is 8.16. The summed E-state index contributed by atoms with van der Waals surface area (Å²) in [5, 5.41) is 0. The SMILES string of the molecule is C=CC(=O)O[C@@H]1C(=O)N(Cc2ccccc2)[C@@]12C[C@@H](C=C)O[C@H]2C=C. The van der Waals surface area contributed by atoms with Crippen molar-refractivity contribution >= 4 is 11.9 Å². The maximum Gasteiger partial charge on any atom is 0.331 e. The van der Waals surface area contributed by atoms with Gasteiger partial charge in [-0.3, -0.25) is 4.79 Å². The van der Waals surface area contributed by atoms with Gasteiger partial charge in [0.2, 0.25) is 6.10 Å². The highest BCUT2D eigenvalue weighted by molar-refractivity contribution is 5.94. The molecule has 2 saturated heterocycles. The van der Waals surface area contributed by atoms with Gasteiger partial charge in [-0.05, 0) is 5.56 Å². The molecule has 0 saturated carbocycles. The fourth-order valence-electron chi connectivity index (χ4n) is 3.65. The molecule has 0 aliphatic carbocycles. The summed E-state index contributed by atoms with van der Waals surface area (Å²) in [5.74, 6) is -0.860. The topological polar surface area (TPSA) is 55.8 Å². The Balaban J connectivity index is 1.95. The molecule has 2 aliphatic heterocycles. The van der Waals surface area contributed by atoms with Gasteiger partial charge in [0.1, 0.15) is 11.6 Å². The molecule has 25 heavy (non-hydrogen) atoms. The van der Waals surface area contributed by atoms with Gasteiger partial charge in [0.05, 0.1) is 6.10 Å². The number of nitrogens with zero attached hydrogens (tertiary/aromatic N) is 1. The average molecular weight is 339 g/mol. The zero-order valence-electron chi connectivity index (χ0n) is 14.0. The molecular formula is C20H21NO4. The van der Waals surface area contributed by atoms with Gasteiger partial charge < -0.3 is 14.4 Å². The Kier molecular flexibility index (Phi) is 4.59. The summed E-state index contributed by atoms with van der Waals surface area (Å²) >= 11 is 0. The van der Waals surface area contributed by atoms with Gasteiger partial charge >= 0.3 is 5.97 Å². The molecule has 4 atom stereocenters. The molecule has 1 spiro atoms. The number of β-lactam (4-membered cyclic amide) rings is 1. The van der Waals surface area contributed by atoms with Crippen molar-refractivity contribution in [2.24, 2.45) is 0 Å². The molecule has 0 N–H and O–H groups in total. The quantitative estimate of drug-likeness (QED) is 0.346. The van der Waals surface area contributed by atoms with Crippen LogP contribution in [0.2, 0.25) is 0 Å². The van der Waals surface area contributed by atoms with Crippen LogP contribution in [-0.4, -0.2) is 40.6 Å². The zero-order valence-corrected chi connectivity index (χ0v) is 14.0. The molecule has 0 aromatic heterocycles. The second kappa shape index (κ2) is 6.69. The van der Waals surface area contributed by atoms with Crippen LogP contribution < -0.4 is 0 Å². The van der Waals surface area contributed by atoms with Gasteiger partial charge in [0.25, 0.3) is 5.91 Å². The fourth-order valence-corrected chi connectivity index (χ4v) is 3.65. The smallest absolute Gasteiger partial charge is 0.331 e. The van der Waals surface area contributed by atoms with Crippen LogP contribution in [0.5, 0.6) is 0 Å². The van der Waals surface area contributed by atoms with Gasteiger partial charge in [-0.2, -0.15) is 0 Å². The molecular weight excluding hydrogens is 318 g/mol. The molecule has 1 aromatic rings. The molecule has 3 rings (SSSR count). The summed E-state index contributed by atoms with van der Waals surface area (Å²) in [6.07, 6.45) is 3.32. The Bertz CT molecular complexity index is 714. The van der Waals surface area contributed by atoms with Crippen LogP contribution in [0.15, 0.2) is 68.3 Å². The minimum atomic E-state index is -0.908. The maximum atomic E-state index is 12.7. The number of benzene rings is 1. The van der Waals surface area contributed by atoms with E-state index in [2.05, 4.69) is 19.7 Å². The number of rotatable bonds is 6. The number of amides is 1. The summed E-state index contributed by atoms with van der Waals surface area (Å²) < 4.78 is 11.3. The molecule has 5 heteroatoms. The van der Waals surface area contributed by atoms with Gasteiger partial charge in [-0.1, -0.05) is 49.1 Å². The zero-order chi connectivity index (χ0) is 18.0. The van der Waals surface area contributed by atoms with Crippen LogP contribution >= 0.6 is 0 Å². The third kappa shape index (κ3) is 2.70. The van der Waals surface area contributed by atoms with Crippen LogP contribution in [0.1, 0.15) is 12.0 Å². The lowest BCUT2D eigenvalue weighted by Gasteiger charge is -2.56. The monoisotopic (exact) mass is 339 g/mol. The van der Waals surface area contributed by atoms with Crippen LogP contribution in [0, 0.1) is 0 Å². The summed E-state index contributed by atoms with van der Waals surface area (Å²) in [6, 6.07) is 9.67. The van der Waals surface area contributed by atoms with Crippen molar-refractivity contribution in [3.05, 3.63) is 73.9 Å². The van der Waals surface area contributed by atoms with Crippen LogP contribution in [0.25, 0.3) is 0 Å². The number of ether oxygens (including phenoxy) is 2. The molecule has 0 bridgehead atoms. The second-order valence-corrected chi connectivity index (χ2v) is 6.19. The predicted octanol–water partition coefficient (Wildman–Crippen LogP) is 2.39. The standard InChI is InChI=1S/C20H21NO4/c1-4-15-12-20(16(5-2)24-15)18(25-17(22)6-3)19(23)21(20)13-14-10-8-7-9-11-14/h4-11,15-16,18H,1-3,12-13H2/t15-,16+,18-,20-/m1/s1. The van der Waals surface area contributed by atoms with Crippen molar-refractivity contribution in [3.63, 3.8) is 0 Å². The van der Waals surface area contributed by atoms with E-state index in [1.807, 2.05) is 30.3 Å². The first-order valence-electron chi connectivity index (χ1n) is 8.16. The molecule has 130 valence electrons. The summed E-state index contributed by atoms with van der Waals surface area (Å²) in [5.41, 5.74) is 0.222. The number of hydrogen-bond donors (Lipinski definition) is 0. The number of carbonyl (C=O) groups is 2. The Morgan fingerprint density at radius 3 is 2.60 bits per heavy atom. The van der Waals surface area contributed by atoms with E-state index in [-0.39, 0.29) is 12.0 Å². The minimum absolute atomic E-state index is 0.237. The Morgan fingerprint density at radius 2 is 2.00 bits per heavy atom. The number of likely N-dealkylation sites (tertiary alicyclic amines) is 1. The molecule has 2 heterocycles. The molecule has 2 fully saturated rings. The van der Waals surface area contributed by atoms with E-state index >= 15 is 0 Å². The fraction of sp³-hybridized carbons (Fsp3) is 0.300. The van der Waals surface area contributed by atoms with E-state index in [4.69, 9.17) is 9.47 Å². The van der Waals surface area contributed by atoms with E-state index in [0.717, 1.165) is 11.6 Å². The van der Waals surface area contributed by atoms with Crippen molar-refractivity contribution < 1.29 is 19.1 Å².